The van der Waals surface area contributed by atoms with Gasteiger partial charge in [-0.25, -0.2) is 0 Å². The average Bonchev–Trinajstić information content (AvgIpc) is 2.43. The fourth-order valence-electron chi connectivity index (χ4n) is 2.10. The summed E-state index contributed by atoms with van der Waals surface area (Å²) in [4.78, 5) is 0. The van der Waals surface area contributed by atoms with Crippen LogP contribution >= 0.6 is 11.8 Å². The van der Waals surface area contributed by atoms with Gasteiger partial charge in [0.05, 0.1) is 0 Å². The summed E-state index contributed by atoms with van der Waals surface area (Å²) in [5.74, 6) is 1.11. The molecule has 2 unspecified atom stereocenters. The molecule has 84 valence electrons. The molecule has 0 heterocycles. The largest absolute Gasteiger partial charge is 0.396 e. The van der Waals surface area contributed by atoms with Gasteiger partial charge in [0.25, 0.3) is 0 Å². The van der Waals surface area contributed by atoms with Gasteiger partial charge in [-0.3, -0.25) is 0 Å². The number of rotatable bonds is 5. The van der Waals surface area contributed by atoms with Crippen molar-refractivity contribution in [3.8, 4) is 0 Å². The fourth-order valence-corrected chi connectivity index (χ4v) is 3.54. The zero-order valence-electron chi connectivity index (χ0n) is 9.17. The molecule has 2 atom stereocenters. The highest BCUT2D eigenvalue weighted by molar-refractivity contribution is 7.99. The zero-order chi connectivity index (χ0) is 10.2. The van der Waals surface area contributed by atoms with Crippen LogP contribution in [0.25, 0.3) is 0 Å². The molecular formula is C11H23NOS. The second-order valence-corrected chi connectivity index (χ2v) is 5.37. The number of thioether (sulfide) groups is 1. The molecule has 14 heavy (non-hydrogen) atoms. The summed E-state index contributed by atoms with van der Waals surface area (Å²) in [5.41, 5.74) is 0. The number of aliphatic hydroxyl groups excluding tert-OH is 1. The highest BCUT2D eigenvalue weighted by Crippen LogP contribution is 2.27. The Morgan fingerprint density at radius 3 is 2.79 bits per heavy atom. The minimum atomic E-state index is 0.337. The van der Waals surface area contributed by atoms with E-state index >= 15 is 0 Å². The molecule has 0 bridgehead atoms. The van der Waals surface area contributed by atoms with Crippen molar-refractivity contribution in [1.29, 1.82) is 0 Å². The molecule has 1 fully saturated rings. The summed E-state index contributed by atoms with van der Waals surface area (Å²) < 4.78 is 0. The topological polar surface area (TPSA) is 32.3 Å². The normalized spacial score (nSPS) is 28.7. The van der Waals surface area contributed by atoms with Gasteiger partial charge in [0.2, 0.25) is 0 Å². The fraction of sp³-hybridized carbons (Fsp3) is 1.00. The first kappa shape index (κ1) is 12.3. The van der Waals surface area contributed by atoms with E-state index in [4.69, 9.17) is 5.11 Å². The summed E-state index contributed by atoms with van der Waals surface area (Å²) in [5, 5.41) is 13.0. The molecule has 1 aliphatic carbocycles. The lowest BCUT2D eigenvalue weighted by atomic mass is 10.1. The van der Waals surface area contributed by atoms with Crippen LogP contribution in [0.1, 0.15) is 38.5 Å². The van der Waals surface area contributed by atoms with Crippen molar-refractivity contribution in [2.75, 3.05) is 19.4 Å². The van der Waals surface area contributed by atoms with Crippen molar-refractivity contribution >= 4 is 11.8 Å². The van der Waals surface area contributed by atoms with Crippen LogP contribution in [0, 0.1) is 0 Å². The monoisotopic (exact) mass is 217 g/mol. The molecule has 0 amide bonds. The maximum atomic E-state index is 8.75. The molecule has 0 radical (unpaired) electrons. The van der Waals surface area contributed by atoms with Crippen molar-refractivity contribution in [2.45, 2.75) is 49.8 Å². The Kier molecular flexibility index (Phi) is 6.65. The van der Waals surface area contributed by atoms with Gasteiger partial charge in [0, 0.05) is 17.9 Å². The average molecular weight is 217 g/mol. The third kappa shape index (κ3) is 4.20. The number of hydrogen-bond donors (Lipinski definition) is 2. The van der Waals surface area contributed by atoms with Crippen LogP contribution in [-0.4, -0.2) is 35.8 Å². The quantitative estimate of drug-likeness (QED) is 0.546. The lowest BCUT2D eigenvalue weighted by Gasteiger charge is -2.24. The Balaban J connectivity index is 2.28. The van der Waals surface area contributed by atoms with Crippen molar-refractivity contribution in [1.82, 2.24) is 5.32 Å². The van der Waals surface area contributed by atoms with Crippen LogP contribution in [0.5, 0.6) is 0 Å². The Morgan fingerprint density at radius 1 is 1.29 bits per heavy atom. The van der Waals surface area contributed by atoms with E-state index in [1.165, 1.54) is 32.1 Å². The summed E-state index contributed by atoms with van der Waals surface area (Å²) >= 11 is 2.05. The number of nitrogens with one attached hydrogen (secondary N) is 1. The first-order valence-corrected chi connectivity index (χ1v) is 6.83. The highest BCUT2D eigenvalue weighted by Gasteiger charge is 2.21. The molecule has 0 aromatic carbocycles. The third-order valence-electron chi connectivity index (χ3n) is 2.96. The second-order valence-electron chi connectivity index (χ2n) is 4.02. The first-order valence-electron chi connectivity index (χ1n) is 5.78. The molecule has 1 rings (SSSR count). The second kappa shape index (κ2) is 7.55. The maximum Gasteiger partial charge on any atom is 0.0438 e. The molecule has 0 aliphatic heterocycles. The van der Waals surface area contributed by atoms with Gasteiger partial charge in [-0.05, 0) is 32.1 Å². The van der Waals surface area contributed by atoms with E-state index in [9.17, 15) is 0 Å². The SMILES string of the molecule is CNC1CCCCCC1SCCCO. The molecule has 0 aromatic rings. The Morgan fingerprint density at radius 2 is 2.07 bits per heavy atom. The van der Waals surface area contributed by atoms with Crippen molar-refractivity contribution in [3.63, 3.8) is 0 Å². The molecule has 2 N–H and O–H groups in total. The van der Waals surface area contributed by atoms with Gasteiger partial charge in [-0.15, -0.1) is 0 Å². The van der Waals surface area contributed by atoms with Crippen LogP contribution in [0.15, 0.2) is 0 Å². The van der Waals surface area contributed by atoms with Crippen LogP contribution < -0.4 is 5.32 Å². The molecule has 1 saturated carbocycles. The van der Waals surface area contributed by atoms with E-state index < -0.39 is 0 Å². The van der Waals surface area contributed by atoms with Crippen molar-refractivity contribution in [2.24, 2.45) is 0 Å². The minimum absolute atomic E-state index is 0.337. The van der Waals surface area contributed by atoms with Crippen molar-refractivity contribution < 1.29 is 5.11 Å². The van der Waals surface area contributed by atoms with Gasteiger partial charge >= 0.3 is 0 Å². The highest BCUT2D eigenvalue weighted by atomic mass is 32.2. The van der Waals surface area contributed by atoms with Crippen LogP contribution in [-0.2, 0) is 0 Å². The lowest BCUT2D eigenvalue weighted by molar-refractivity contribution is 0.296. The molecule has 0 saturated heterocycles. The Hall–Kier alpha value is 0.270. The summed E-state index contributed by atoms with van der Waals surface area (Å²) in [6.07, 6.45) is 7.78. The van der Waals surface area contributed by atoms with E-state index in [1.807, 2.05) is 11.8 Å². The van der Waals surface area contributed by atoms with Crippen LogP contribution in [0.4, 0.5) is 0 Å². The molecule has 3 heteroatoms. The molecule has 1 aliphatic rings. The molecule has 0 aromatic heterocycles. The maximum absolute atomic E-state index is 8.75. The minimum Gasteiger partial charge on any atom is -0.396 e. The van der Waals surface area contributed by atoms with E-state index in [-0.39, 0.29) is 0 Å². The van der Waals surface area contributed by atoms with Crippen LogP contribution in [0.3, 0.4) is 0 Å². The molecule has 0 spiro atoms. The van der Waals surface area contributed by atoms with Gasteiger partial charge in [-0.2, -0.15) is 11.8 Å². The summed E-state index contributed by atoms with van der Waals surface area (Å²) in [6.45, 7) is 0.337. The van der Waals surface area contributed by atoms with Crippen molar-refractivity contribution in [3.05, 3.63) is 0 Å². The molecular weight excluding hydrogens is 194 g/mol. The molecule has 2 nitrogen and oxygen atoms in total. The summed E-state index contributed by atoms with van der Waals surface area (Å²) in [7, 11) is 2.08. The summed E-state index contributed by atoms with van der Waals surface area (Å²) in [6, 6.07) is 0.696. The Labute approximate surface area is 91.9 Å². The predicted octanol–water partition coefficient (Wildman–Crippen LogP) is 2.02. The van der Waals surface area contributed by atoms with E-state index in [1.54, 1.807) is 0 Å². The standard InChI is InChI=1S/C11H23NOS/c1-12-10-6-3-2-4-7-11(10)14-9-5-8-13/h10-13H,2-9H2,1H3. The Bertz CT molecular complexity index is 143. The van der Waals surface area contributed by atoms with E-state index in [0.717, 1.165) is 17.4 Å². The number of aliphatic hydroxyl groups is 1. The lowest BCUT2D eigenvalue weighted by Crippen LogP contribution is -2.34. The van der Waals surface area contributed by atoms with Gasteiger partial charge in [0.1, 0.15) is 0 Å². The van der Waals surface area contributed by atoms with Gasteiger partial charge < -0.3 is 10.4 Å². The third-order valence-corrected chi connectivity index (χ3v) is 4.47. The predicted molar refractivity (Wildman–Crippen MR) is 63.9 cm³/mol. The number of hydrogen-bond acceptors (Lipinski definition) is 3. The smallest absolute Gasteiger partial charge is 0.0438 e. The van der Waals surface area contributed by atoms with E-state index in [2.05, 4.69) is 12.4 Å². The van der Waals surface area contributed by atoms with E-state index in [0.29, 0.717) is 12.6 Å². The van der Waals surface area contributed by atoms with Crippen LogP contribution in [0.2, 0.25) is 0 Å². The van der Waals surface area contributed by atoms with Gasteiger partial charge in [-0.1, -0.05) is 19.3 Å². The first-order chi connectivity index (χ1) is 6.88. The zero-order valence-corrected chi connectivity index (χ0v) is 9.98. The van der Waals surface area contributed by atoms with Gasteiger partial charge in [0.15, 0.2) is 0 Å².